The first-order chi connectivity index (χ1) is 11.2. The lowest BCUT2D eigenvalue weighted by molar-refractivity contribution is -0.133. The third-order valence-corrected chi connectivity index (χ3v) is 3.23. The van der Waals surface area contributed by atoms with Gasteiger partial charge in [-0.25, -0.2) is 15.0 Å². The summed E-state index contributed by atoms with van der Waals surface area (Å²) in [5, 5.41) is 18.7. The molecule has 0 radical (unpaired) electrons. The zero-order valence-corrected chi connectivity index (χ0v) is 13.8. The minimum Gasteiger partial charge on any atom is -0.382 e. The van der Waals surface area contributed by atoms with Gasteiger partial charge in [0.1, 0.15) is 24.2 Å². The molecule has 2 unspecified atom stereocenters. The SMILES string of the molecule is CC(C)(O)O.CNC(=O)C1CCC(n2cnc3c(N)ncnc32)O1. The van der Waals surface area contributed by atoms with Crippen LogP contribution >= 0.6 is 0 Å². The molecule has 1 saturated heterocycles. The number of nitrogens with zero attached hydrogens (tertiary/aromatic N) is 4. The summed E-state index contributed by atoms with van der Waals surface area (Å²) < 4.78 is 7.50. The van der Waals surface area contributed by atoms with E-state index in [1.807, 2.05) is 0 Å². The summed E-state index contributed by atoms with van der Waals surface area (Å²) in [7, 11) is 1.60. The summed E-state index contributed by atoms with van der Waals surface area (Å²) in [6.45, 7) is 2.60. The topological polar surface area (TPSA) is 148 Å². The Bertz CT molecular complexity index is 705. The molecule has 0 aromatic carbocycles. The van der Waals surface area contributed by atoms with Gasteiger partial charge in [-0.15, -0.1) is 0 Å². The zero-order chi connectivity index (χ0) is 17.9. The normalized spacial score (nSPS) is 20.5. The molecule has 3 rings (SSSR count). The zero-order valence-electron chi connectivity index (χ0n) is 13.8. The maximum Gasteiger partial charge on any atom is 0.248 e. The van der Waals surface area contributed by atoms with Crippen molar-refractivity contribution in [1.29, 1.82) is 0 Å². The van der Waals surface area contributed by atoms with E-state index in [1.54, 1.807) is 17.9 Å². The summed E-state index contributed by atoms with van der Waals surface area (Å²) >= 11 is 0. The van der Waals surface area contributed by atoms with Crippen molar-refractivity contribution in [2.45, 2.75) is 44.8 Å². The van der Waals surface area contributed by atoms with Crippen molar-refractivity contribution >= 4 is 22.9 Å². The van der Waals surface area contributed by atoms with Crippen LogP contribution in [0.1, 0.15) is 32.9 Å². The monoisotopic (exact) mass is 338 g/mol. The molecule has 1 aliphatic rings. The Morgan fingerprint density at radius 3 is 2.67 bits per heavy atom. The molecule has 5 N–H and O–H groups in total. The molecule has 3 heterocycles. The highest BCUT2D eigenvalue weighted by molar-refractivity contribution is 5.82. The first-order valence-electron chi connectivity index (χ1n) is 7.45. The van der Waals surface area contributed by atoms with Crippen molar-refractivity contribution in [3.8, 4) is 0 Å². The molecular formula is C14H22N6O4. The second-order valence-corrected chi connectivity index (χ2v) is 5.85. The van der Waals surface area contributed by atoms with Gasteiger partial charge >= 0.3 is 0 Å². The van der Waals surface area contributed by atoms with Crippen molar-refractivity contribution in [3.63, 3.8) is 0 Å². The third kappa shape index (κ3) is 4.37. The number of amides is 1. The second-order valence-electron chi connectivity index (χ2n) is 5.85. The van der Waals surface area contributed by atoms with E-state index in [9.17, 15) is 4.79 Å². The standard InChI is InChI=1S/C11H14N6O2.C3H8O2/c1-13-11(18)6-2-3-7(19-6)17-5-16-8-9(12)14-4-15-10(8)17;1-3(2,4)5/h4-7H,2-3H2,1H3,(H,13,18)(H2,12,14,15);4-5H,1-2H3. The lowest BCUT2D eigenvalue weighted by Gasteiger charge is -2.14. The first kappa shape index (κ1) is 18.0. The number of nitrogens with one attached hydrogen (secondary N) is 1. The van der Waals surface area contributed by atoms with Crippen molar-refractivity contribution < 1.29 is 19.7 Å². The van der Waals surface area contributed by atoms with Crippen LogP contribution in [0.3, 0.4) is 0 Å². The average Bonchev–Trinajstić information content (AvgIpc) is 3.11. The van der Waals surface area contributed by atoms with E-state index in [0.29, 0.717) is 23.4 Å². The van der Waals surface area contributed by atoms with E-state index in [-0.39, 0.29) is 12.1 Å². The molecule has 24 heavy (non-hydrogen) atoms. The third-order valence-electron chi connectivity index (χ3n) is 3.23. The molecule has 1 fully saturated rings. The van der Waals surface area contributed by atoms with E-state index < -0.39 is 11.9 Å². The van der Waals surface area contributed by atoms with Gasteiger partial charge < -0.3 is 26.0 Å². The second kappa shape index (κ2) is 7.07. The molecule has 2 aromatic heterocycles. The minimum absolute atomic E-state index is 0.110. The molecule has 0 aliphatic carbocycles. The number of nitrogens with two attached hydrogens (primary N) is 1. The summed E-state index contributed by atoms with van der Waals surface area (Å²) in [5.41, 5.74) is 6.90. The number of fused-ring (bicyclic) bond motifs is 1. The molecular weight excluding hydrogens is 316 g/mol. The van der Waals surface area contributed by atoms with Crippen LogP contribution in [0.4, 0.5) is 5.82 Å². The smallest absolute Gasteiger partial charge is 0.248 e. The number of nitrogen functional groups attached to an aromatic ring is 1. The number of carbonyl (C=O) groups excluding carboxylic acids is 1. The van der Waals surface area contributed by atoms with Crippen LogP contribution in [0.5, 0.6) is 0 Å². The number of carbonyl (C=O) groups is 1. The first-order valence-corrected chi connectivity index (χ1v) is 7.45. The number of ether oxygens (including phenoxy) is 1. The Morgan fingerprint density at radius 1 is 1.38 bits per heavy atom. The van der Waals surface area contributed by atoms with Crippen molar-refractivity contribution in [2.24, 2.45) is 0 Å². The summed E-state index contributed by atoms with van der Waals surface area (Å²) in [5.74, 6) is -1.27. The van der Waals surface area contributed by atoms with Crippen LogP contribution < -0.4 is 11.1 Å². The van der Waals surface area contributed by atoms with E-state index >= 15 is 0 Å². The Labute approximate surface area is 138 Å². The van der Waals surface area contributed by atoms with Gasteiger partial charge in [0.05, 0.1) is 6.33 Å². The number of likely N-dealkylation sites (N-methyl/N-ethyl adjacent to an activating group) is 1. The van der Waals surface area contributed by atoms with Gasteiger partial charge in [0.25, 0.3) is 0 Å². The average molecular weight is 338 g/mol. The van der Waals surface area contributed by atoms with E-state index in [4.69, 9.17) is 20.7 Å². The number of hydrogen-bond donors (Lipinski definition) is 4. The number of hydrogen-bond acceptors (Lipinski definition) is 8. The van der Waals surface area contributed by atoms with Crippen LogP contribution in [0.15, 0.2) is 12.7 Å². The van der Waals surface area contributed by atoms with Crippen LogP contribution in [0.25, 0.3) is 11.2 Å². The van der Waals surface area contributed by atoms with Gasteiger partial charge in [-0.3, -0.25) is 9.36 Å². The van der Waals surface area contributed by atoms with Crippen LogP contribution in [-0.4, -0.2) is 54.6 Å². The predicted molar refractivity (Wildman–Crippen MR) is 85.5 cm³/mol. The molecule has 132 valence electrons. The van der Waals surface area contributed by atoms with Crippen molar-refractivity contribution in [3.05, 3.63) is 12.7 Å². The Kier molecular flexibility index (Phi) is 5.32. The summed E-state index contributed by atoms with van der Waals surface area (Å²) in [4.78, 5) is 23.8. The molecule has 2 aromatic rings. The molecule has 2 atom stereocenters. The molecule has 10 nitrogen and oxygen atoms in total. The van der Waals surface area contributed by atoms with Gasteiger partial charge in [-0.1, -0.05) is 0 Å². The highest BCUT2D eigenvalue weighted by atomic mass is 16.5. The number of aliphatic hydroxyl groups is 2. The molecule has 0 saturated carbocycles. The van der Waals surface area contributed by atoms with Gasteiger partial charge in [0, 0.05) is 7.05 Å². The highest BCUT2D eigenvalue weighted by Gasteiger charge is 2.32. The Balaban J connectivity index is 0.000000368. The number of anilines is 1. The van der Waals surface area contributed by atoms with Crippen LogP contribution in [0.2, 0.25) is 0 Å². The van der Waals surface area contributed by atoms with E-state index in [0.717, 1.165) is 6.42 Å². The summed E-state index contributed by atoms with van der Waals surface area (Å²) in [6, 6.07) is 0. The van der Waals surface area contributed by atoms with Crippen molar-refractivity contribution in [2.75, 3.05) is 12.8 Å². The number of rotatable bonds is 2. The lowest BCUT2D eigenvalue weighted by Crippen LogP contribution is -2.31. The molecule has 10 heteroatoms. The lowest BCUT2D eigenvalue weighted by atomic mass is 10.2. The van der Waals surface area contributed by atoms with E-state index in [1.165, 1.54) is 20.2 Å². The van der Waals surface area contributed by atoms with Gasteiger partial charge in [-0.05, 0) is 26.7 Å². The summed E-state index contributed by atoms with van der Waals surface area (Å²) in [6.07, 6.45) is 3.74. The van der Waals surface area contributed by atoms with E-state index in [2.05, 4.69) is 20.3 Å². The highest BCUT2D eigenvalue weighted by Crippen LogP contribution is 2.30. The fourth-order valence-electron chi connectivity index (χ4n) is 2.26. The quantitative estimate of drug-likeness (QED) is 0.537. The minimum atomic E-state index is -1.50. The molecule has 1 amide bonds. The maximum absolute atomic E-state index is 11.5. The van der Waals surface area contributed by atoms with Crippen LogP contribution in [-0.2, 0) is 9.53 Å². The molecule has 0 spiro atoms. The maximum atomic E-state index is 11.5. The van der Waals surface area contributed by atoms with Gasteiger partial charge in [0.15, 0.2) is 17.3 Å². The fourth-order valence-corrected chi connectivity index (χ4v) is 2.26. The largest absolute Gasteiger partial charge is 0.382 e. The predicted octanol–water partition coefficient (Wildman–Crippen LogP) is -0.461. The van der Waals surface area contributed by atoms with Gasteiger partial charge in [0.2, 0.25) is 5.91 Å². The van der Waals surface area contributed by atoms with Crippen molar-refractivity contribution in [1.82, 2.24) is 24.8 Å². The number of aromatic nitrogens is 4. The molecule has 1 aliphatic heterocycles. The van der Waals surface area contributed by atoms with Gasteiger partial charge in [-0.2, -0.15) is 0 Å². The Hall–Kier alpha value is -2.30. The van der Waals surface area contributed by atoms with Crippen LogP contribution in [0, 0.1) is 0 Å². The Morgan fingerprint density at radius 2 is 2.04 bits per heavy atom. The number of imidazole rings is 1. The fraction of sp³-hybridized carbons (Fsp3) is 0.571. The molecule has 0 bridgehead atoms.